The van der Waals surface area contributed by atoms with Gasteiger partial charge in [-0.2, -0.15) is 0 Å². The van der Waals surface area contributed by atoms with Gasteiger partial charge in [-0.15, -0.1) is 0 Å². The maximum atomic E-state index is 12.4. The summed E-state index contributed by atoms with van der Waals surface area (Å²) in [6.07, 6.45) is 0. The minimum absolute atomic E-state index is 0.0767. The van der Waals surface area contributed by atoms with E-state index < -0.39 is 4.92 Å². The van der Waals surface area contributed by atoms with E-state index >= 15 is 0 Å². The summed E-state index contributed by atoms with van der Waals surface area (Å²) in [6, 6.07) is 13.1. The largest absolute Gasteiger partial charge is 0.325 e. The van der Waals surface area contributed by atoms with Crippen LogP contribution >= 0.6 is 0 Å². The van der Waals surface area contributed by atoms with Crippen LogP contribution in [0.3, 0.4) is 0 Å². The first-order valence-electron chi connectivity index (χ1n) is 9.30. The second-order valence-corrected chi connectivity index (χ2v) is 6.91. The molecule has 29 heavy (non-hydrogen) atoms. The lowest BCUT2D eigenvalue weighted by Gasteiger charge is -2.34. The van der Waals surface area contributed by atoms with Crippen molar-refractivity contribution in [2.75, 3.05) is 43.4 Å². The third-order valence-corrected chi connectivity index (χ3v) is 4.67. The minimum Gasteiger partial charge on any atom is -0.325 e. The lowest BCUT2D eigenvalue weighted by Crippen LogP contribution is -2.51. The average molecular weight is 397 g/mol. The number of hydrogen-bond donors (Lipinski definition) is 2. The normalized spacial score (nSPS) is 14.3. The molecule has 0 aliphatic carbocycles. The van der Waals surface area contributed by atoms with Crippen molar-refractivity contribution < 1.29 is 14.5 Å². The zero-order chi connectivity index (χ0) is 20.8. The van der Waals surface area contributed by atoms with E-state index in [9.17, 15) is 19.7 Å². The number of piperazine rings is 1. The quantitative estimate of drug-likeness (QED) is 0.596. The summed E-state index contributed by atoms with van der Waals surface area (Å²) in [6.45, 7) is 4.33. The Morgan fingerprint density at radius 2 is 1.69 bits per heavy atom. The Bertz CT molecular complexity index is 892. The lowest BCUT2D eigenvalue weighted by molar-refractivity contribution is -0.384. The zero-order valence-corrected chi connectivity index (χ0v) is 16.1. The molecule has 3 amide bonds. The molecule has 1 aliphatic heterocycles. The van der Waals surface area contributed by atoms with Crippen LogP contribution in [0.4, 0.5) is 21.9 Å². The number of nitrogens with one attached hydrogen (secondary N) is 2. The highest BCUT2D eigenvalue weighted by atomic mass is 16.6. The molecule has 0 radical (unpaired) electrons. The van der Waals surface area contributed by atoms with Gasteiger partial charge in [0.15, 0.2) is 0 Å². The highest BCUT2D eigenvalue weighted by Crippen LogP contribution is 2.17. The first-order chi connectivity index (χ1) is 13.9. The van der Waals surface area contributed by atoms with E-state index in [0.29, 0.717) is 31.9 Å². The van der Waals surface area contributed by atoms with Gasteiger partial charge in [-0.1, -0.05) is 23.8 Å². The van der Waals surface area contributed by atoms with Gasteiger partial charge in [0.05, 0.1) is 11.5 Å². The van der Waals surface area contributed by atoms with Crippen LogP contribution in [0.25, 0.3) is 0 Å². The predicted molar refractivity (Wildman–Crippen MR) is 110 cm³/mol. The average Bonchev–Trinajstić information content (AvgIpc) is 2.70. The molecule has 2 aromatic rings. The molecular weight excluding hydrogens is 374 g/mol. The summed E-state index contributed by atoms with van der Waals surface area (Å²) in [4.78, 5) is 38.6. The topological polar surface area (TPSA) is 108 Å². The number of urea groups is 1. The van der Waals surface area contributed by atoms with Crippen LogP contribution in [0.15, 0.2) is 48.5 Å². The van der Waals surface area contributed by atoms with Gasteiger partial charge >= 0.3 is 6.03 Å². The number of amides is 3. The number of nitro groups is 1. The molecule has 3 rings (SSSR count). The number of carbonyl (C=O) groups is 2. The van der Waals surface area contributed by atoms with E-state index in [2.05, 4.69) is 10.6 Å². The number of hydrogen-bond acceptors (Lipinski definition) is 5. The maximum Gasteiger partial charge on any atom is 0.321 e. The lowest BCUT2D eigenvalue weighted by atomic mass is 10.2. The summed E-state index contributed by atoms with van der Waals surface area (Å²) in [5.41, 5.74) is 2.19. The van der Waals surface area contributed by atoms with Gasteiger partial charge in [0.2, 0.25) is 5.91 Å². The van der Waals surface area contributed by atoms with Crippen molar-refractivity contribution in [3.8, 4) is 0 Å². The highest BCUT2D eigenvalue weighted by molar-refractivity contribution is 5.92. The summed E-state index contributed by atoms with van der Waals surface area (Å²) in [7, 11) is 0. The van der Waals surface area contributed by atoms with Gasteiger partial charge in [0.1, 0.15) is 0 Å². The Kier molecular flexibility index (Phi) is 6.40. The van der Waals surface area contributed by atoms with Crippen molar-refractivity contribution in [2.45, 2.75) is 6.92 Å². The fourth-order valence-electron chi connectivity index (χ4n) is 3.05. The number of nitrogens with zero attached hydrogens (tertiary/aromatic N) is 3. The molecule has 152 valence electrons. The summed E-state index contributed by atoms with van der Waals surface area (Å²) >= 11 is 0. The Morgan fingerprint density at radius 3 is 2.34 bits per heavy atom. The number of anilines is 2. The first-order valence-corrected chi connectivity index (χ1v) is 9.30. The second kappa shape index (κ2) is 9.16. The molecule has 0 atom stereocenters. The second-order valence-electron chi connectivity index (χ2n) is 6.91. The molecule has 0 aromatic heterocycles. The predicted octanol–water partition coefficient (Wildman–Crippen LogP) is 2.69. The van der Waals surface area contributed by atoms with Gasteiger partial charge in [0.25, 0.3) is 5.69 Å². The Balaban J connectivity index is 1.45. The van der Waals surface area contributed by atoms with Crippen LogP contribution in [0, 0.1) is 17.0 Å². The number of carbonyl (C=O) groups excluding carboxylic acids is 2. The number of rotatable bonds is 5. The molecule has 1 aliphatic rings. The zero-order valence-electron chi connectivity index (χ0n) is 16.1. The molecule has 0 spiro atoms. The summed E-state index contributed by atoms with van der Waals surface area (Å²) < 4.78 is 0. The number of aryl methyl sites for hydroxylation is 1. The Morgan fingerprint density at radius 1 is 1.00 bits per heavy atom. The van der Waals surface area contributed by atoms with Gasteiger partial charge in [-0.05, 0) is 25.1 Å². The van der Waals surface area contributed by atoms with Crippen molar-refractivity contribution in [1.82, 2.24) is 9.80 Å². The van der Waals surface area contributed by atoms with E-state index in [0.717, 1.165) is 11.3 Å². The van der Waals surface area contributed by atoms with Crippen molar-refractivity contribution in [2.24, 2.45) is 0 Å². The van der Waals surface area contributed by atoms with Gasteiger partial charge in [0, 0.05) is 49.7 Å². The van der Waals surface area contributed by atoms with E-state index in [1.807, 2.05) is 36.1 Å². The number of benzene rings is 2. The van der Waals surface area contributed by atoms with Gasteiger partial charge in [-0.25, -0.2) is 4.79 Å². The summed E-state index contributed by atoms with van der Waals surface area (Å²) in [5.74, 6) is -0.0941. The third-order valence-electron chi connectivity index (χ3n) is 4.67. The molecule has 2 aromatic carbocycles. The molecule has 1 saturated heterocycles. The highest BCUT2D eigenvalue weighted by Gasteiger charge is 2.23. The maximum absolute atomic E-state index is 12.4. The minimum atomic E-state index is -0.504. The van der Waals surface area contributed by atoms with Gasteiger partial charge < -0.3 is 15.5 Å². The van der Waals surface area contributed by atoms with Crippen LogP contribution in [0.2, 0.25) is 0 Å². The molecule has 0 unspecified atom stereocenters. The number of non-ortho nitro benzene ring substituents is 1. The third kappa shape index (κ3) is 5.76. The van der Waals surface area contributed by atoms with Crippen molar-refractivity contribution in [1.29, 1.82) is 0 Å². The standard InChI is InChI=1S/C20H23N5O4/c1-15-5-7-16(8-6-15)21-19(26)14-23-9-11-24(12-10-23)20(27)22-17-3-2-4-18(13-17)25(28)29/h2-8,13H,9-12,14H2,1H3,(H,21,26)(H,22,27). The Hall–Kier alpha value is -3.46. The molecule has 1 fully saturated rings. The van der Waals surface area contributed by atoms with Crippen LogP contribution in [0.5, 0.6) is 0 Å². The smallest absolute Gasteiger partial charge is 0.321 e. The fourth-order valence-corrected chi connectivity index (χ4v) is 3.05. The molecule has 9 heteroatoms. The van der Waals surface area contributed by atoms with E-state index in [1.165, 1.54) is 18.2 Å². The molecule has 1 heterocycles. The van der Waals surface area contributed by atoms with Gasteiger partial charge in [-0.3, -0.25) is 19.8 Å². The van der Waals surface area contributed by atoms with E-state index in [1.54, 1.807) is 11.0 Å². The first kappa shape index (κ1) is 20.3. The summed E-state index contributed by atoms with van der Waals surface area (Å²) in [5, 5.41) is 16.4. The van der Waals surface area contributed by atoms with Crippen LogP contribution in [-0.4, -0.2) is 59.4 Å². The number of nitro benzene ring substituents is 1. The van der Waals surface area contributed by atoms with Crippen LogP contribution in [0.1, 0.15) is 5.56 Å². The van der Waals surface area contributed by atoms with Crippen molar-refractivity contribution in [3.05, 3.63) is 64.2 Å². The van der Waals surface area contributed by atoms with E-state index in [-0.39, 0.29) is 24.2 Å². The molecule has 9 nitrogen and oxygen atoms in total. The monoisotopic (exact) mass is 397 g/mol. The molecular formula is C20H23N5O4. The SMILES string of the molecule is Cc1ccc(NC(=O)CN2CCN(C(=O)Nc3cccc([N+](=O)[O-])c3)CC2)cc1. The van der Waals surface area contributed by atoms with Crippen LogP contribution < -0.4 is 10.6 Å². The Labute approximate surface area is 168 Å². The molecule has 0 bridgehead atoms. The molecule has 0 saturated carbocycles. The van der Waals surface area contributed by atoms with Crippen LogP contribution in [-0.2, 0) is 4.79 Å². The van der Waals surface area contributed by atoms with Crippen molar-refractivity contribution >= 4 is 29.0 Å². The molecule has 2 N–H and O–H groups in total. The van der Waals surface area contributed by atoms with Crippen molar-refractivity contribution in [3.63, 3.8) is 0 Å². The fraction of sp³-hybridized carbons (Fsp3) is 0.300. The van der Waals surface area contributed by atoms with E-state index in [4.69, 9.17) is 0 Å².